The minimum absolute atomic E-state index is 0.0829. The third-order valence-electron chi connectivity index (χ3n) is 2.65. The highest BCUT2D eigenvalue weighted by molar-refractivity contribution is 14.1. The fourth-order valence-corrected chi connectivity index (χ4v) is 2.24. The summed E-state index contributed by atoms with van der Waals surface area (Å²) in [5, 5.41) is 12.9. The van der Waals surface area contributed by atoms with Crippen molar-refractivity contribution in [1.82, 2.24) is 0 Å². The molecule has 0 aliphatic rings. The SMILES string of the molecule is OC(CNc1cccc(I)c1)c1ccc(F)cc1F. The van der Waals surface area contributed by atoms with Crippen LogP contribution < -0.4 is 5.32 Å². The number of benzene rings is 2. The van der Waals surface area contributed by atoms with Crippen molar-refractivity contribution in [3.05, 3.63) is 63.2 Å². The van der Waals surface area contributed by atoms with Crippen LogP contribution in [-0.4, -0.2) is 11.7 Å². The quantitative estimate of drug-likeness (QED) is 0.799. The monoisotopic (exact) mass is 375 g/mol. The van der Waals surface area contributed by atoms with E-state index in [1.807, 2.05) is 24.3 Å². The lowest BCUT2D eigenvalue weighted by molar-refractivity contribution is 0.186. The van der Waals surface area contributed by atoms with Gasteiger partial charge in [-0.15, -0.1) is 0 Å². The Hall–Kier alpha value is -1.21. The van der Waals surface area contributed by atoms with Crippen LogP contribution in [0, 0.1) is 15.2 Å². The van der Waals surface area contributed by atoms with E-state index in [1.54, 1.807) is 0 Å². The third-order valence-corrected chi connectivity index (χ3v) is 3.32. The number of anilines is 1. The predicted octanol–water partition coefficient (Wildman–Crippen LogP) is 3.71. The Morgan fingerprint density at radius 1 is 1.16 bits per heavy atom. The molecule has 100 valence electrons. The lowest BCUT2D eigenvalue weighted by atomic mass is 10.1. The minimum atomic E-state index is -1.03. The molecular formula is C14H12F2INO. The van der Waals surface area contributed by atoms with Gasteiger partial charge in [0, 0.05) is 27.4 Å². The summed E-state index contributed by atoms with van der Waals surface area (Å²) >= 11 is 2.18. The molecule has 0 saturated carbocycles. The van der Waals surface area contributed by atoms with E-state index in [0.29, 0.717) is 0 Å². The van der Waals surface area contributed by atoms with Gasteiger partial charge in [-0.05, 0) is 46.9 Å². The number of aliphatic hydroxyl groups excluding tert-OH is 1. The van der Waals surface area contributed by atoms with Gasteiger partial charge in [-0.3, -0.25) is 0 Å². The van der Waals surface area contributed by atoms with Gasteiger partial charge in [0.05, 0.1) is 6.10 Å². The lowest BCUT2D eigenvalue weighted by Crippen LogP contribution is -2.13. The van der Waals surface area contributed by atoms with Crippen molar-refractivity contribution in [3.8, 4) is 0 Å². The minimum Gasteiger partial charge on any atom is -0.386 e. The Morgan fingerprint density at radius 2 is 1.95 bits per heavy atom. The van der Waals surface area contributed by atoms with E-state index in [2.05, 4.69) is 27.9 Å². The number of nitrogens with one attached hydrogen (secondary N) is 1. The molecule has 1 atom stereocenters. The van der Waals surface area contributed by atoms with Gasteiger partial charge in [0.1, 0.15) is 11.6 Å². The van der Waals surface area contributed by atoms with E-state index >= 15 is 0 Å². The third kappa shape index (κ3) is 3.87. The summed E-state index contributed by atoms with van der Waals surface area (Å²) in [5.74, 6) is -1.39. The second-order valence-corrected chi connectivity index (χ2v) is 5.32. The van der Waals surface area contributed by atoms with Crippen molar-refractivity contribution in [1.29, 1.82) is 0 Å². The van der Waals surface area contributed by atoms with E-state index in [4.69, 9.17) is 0 Å². The molecule has 2 aromatic rings. The Kier molecular flexibility index (Phi) is 4.71. The Labute approximate surface area is 123 Å². The first kappa shape index (κ1) is 14.2. The van der Waals surface area contributed by atoms with Crippen molar-refractivity contribution in [2.24, 2.45) is 0 Å². The van der Waals surface area contributed by atoms with Crippen molar-refractivity contribution < 1.29 is 13.9 Å². The molecule has 2 aromatic carbocycles. The second-order valence-electron chi connectivity index (χ2n) is 4.07. The van der Waals surface area contributed by atoms with Crippen molar-refractivity contribution in [3.63, 3.8) is 0 Å². The smallest absolute Gasteiger partial charge is 0.131 e. The molecule has 2 nitrogen and oxygen atoms in total. The molecule has 0 radical (unpaired) electrons. The molecule has 0 amide bonds. The first-order valence-electron chi connectivity index (χ1n) is 5.69. The number of aliphatic hydroxyl groups is 1. The fourth-order valence-electron chi connectivity index (χ4n) is 1.69. The molecule has 0 heterocycles. The van der Waals surface area contributed by atoms with Gasteiger partial charge in [0.15, 0.2) is 0 Å². The van der Waals surface area contributed by atoms with Crippen LogP contribution in [-0.2, 0) is 0 Å². The molecule has 0 aliphatic heterocycles. The first-order valence-corrected chi connectivity index (χ1v) is 6.76. The number of halogens is 3. The first-order chi connectivity index (χ1) is 9.06. The summed E-state index contributed by atoms with van der Waals surface area (Å²) in [5.41, 5.74) is 0.924. The van der Waals surface area contributed by atoms with Crippen LogP contribution in [0.4, 0.5) is 14.5 Å². The molecule has 0 saturated heterocycles. The molecule has 0 spiro atoms. The highest BCUT2D eigenvalue weighted by Gasteiger charge is 2.13. The molecule has 0 bridgehead atoms. The van der Waals surface area contributed by atoms with E-state index in [1.165, 1.54) is 6.07 Å². The zero-order valence-corrected chi connectivity index (χ0v) is 12.1. The average molecular weight is 375 g/mol. The zero-order valence-electron chi connectivity index (χ0n) is 9.91. The van der Waals surface area contributed by atoms with Crippen molar-refractivity contribution in [2.75, 3.05) is 11.9 Å². The van der Waals surface area contributed by atoms with E-state index < -0.39 is 17.7 Å². The van der Waals surface area contributed by atoms with Gasteiger partial charge in [0.25, 0.3) is 0 Å². The summed E-state index contributed by atoms with van der Waals surface area (Å²) in [6, 6.07) is 10.8. The molecule has 0 aliphatic carbocycles. The van der Waals surface area contributed by atoms with E-state index in [-0.39, 0.29) is 12.1 Å². The summed E-state index contributed by atoms with van der Waals surface area (Å²) < 4.78 is 27.3. The topological polar surface area (TPSA) is 32.3 Å². The van der Waals surface area contributed by atoms with Crippen molar-refractivity contribution in [2.45, 2.75) is 6.10 Å². The van der Waals surface area contributed by atoms with Gasteiger partial charge in [0.2, 0.25) is 0 Å². The molecular weight excluding hydrogens is 363 g/mol. The summed E-state index contributed by atoms with van der Waals surface area (Å²) in [4.78, 5) is 0. The standard InChI is InChI=1S/C14H12F2INO/c15-9-4-5-12(13(16)6-9)14(19)8-18-11-3-1-2-10(17)7-11/h1-7,14,18-19H,8H2. The second kappa shape index (κ2) is 6.29. The van der Waals surface area contributed by atoms with Gasteiger partial charge in [-0.1, -0.05) is 12.1 Å². The van der Waals surface area contributed by atoms with Gasteiger partial charge < -0.3 is 10.4 Å². The molecule has 1 unspecified atom stereocenters. The van der Waals surface area contributed by atoms with Crippen LogP contribution >= 0.6 is 22.6 Å². The normalized spacial score (nSPS) is 12.2. The van der Waals surface area contributed by atoms with Crippen LogP contribution in [0.1, 0.15) is 11.7 Å². The molecule has 2 rings (SSSR count). The molecule has 2 N–H and O–H groups in total. The Morgan fingerprint density at radius 3 is 2.63 bits per heavy atom. The fraction of sp³-hybridized carbons (Fsp3) is 0.143. The molecule has 5 heteroatoms. The van der Waals surface area contributed by atoms with Gasteiger partial charge >= 0.3 is 0 Å². The van der Waals surface area contributed by atoms with Crippen LogP contribution in [0.5, 0.6) is 0 Å². The Balaban J connectivity index is 2.03. The predicted molar refractivity (Wildman–Crippen MR) is 79.0 cm³/mol. The highest BCUT2D eigenvalue weighted by atomic mass is 127. The maximum Gasteiger partial charge on any atom is 0.131 e. The molecule has 0 aromatic heterocycles. The largest absolute Gasteiger partial charge is 0.386 e. The summed E-state index contributed by atoms with van der Waals surface area (Å²) in [7, 11) is 0. The van der Waals surface area contributed by atoms with Gasteiger partial charge in [-0.2, -0.15) is 0 Å². The van der Waals surface area contributed by atoms with E-state index in [0.717, 1.165) is 21.4 Å². The summed E-state index contributed by atoms with van der Waals surface area (Å²) in [6.07, 6.45) is -1.03. The number of hydrogen-bond acceptors (Lipinski definition) is 2. The average Bonchev–Trinajstić information content (AvgIpc) is 2.36. The Bertz CT molecular complexity index is 577. The molecule has 19 heavy (non-hydrogen) atoms. The maximum atomic E-state index is 13.5. The zero-order chi connectivity index (χ0) is 13.8. The van der Waals surface area contributed by atoms with Crippen LogP contribution in [0.25, 0.3) is 0 Å². The van der Waals surface area contributed by atoms with Crippen LogP contribution in [0.15, 0.2) is 42.5 Å². The van der Waals surface area contributed by atoms with E-state index in [9.17, 15) is 13.9 Å². The number of hydrogen-bond donors (Lipinski definition) is 2. The number of rotatable bonds is 4. The summed E-state index contributed by atoms with van der Waals surface area (Å²) in [6.45, 7) is 0.155. The maximum absolute atomic E-state index is 13.5. The van der Waals surface area contributed by atoms with Crippen molar-refractivity contribution >= 4 is 28.3 Å². The van der Waals surface area contributed by atoms with Crippen LogP contribution in [0.2, 0.25) is 0 Å². The lowest BCUT2D eigenvalue weighted by Gasteiger charge is -2.14. The molecule has 0 fully saturated rings. The highest BCUT2D eigenvalue weighted by Crippen LogP contribution is 2.19. The van der Waals surface area contributed by atoms with Crippen LogP contribution in [0.3, 0.4) is 0 Å². The van der Waals surface area contributed by atoms with Gasteiger partial charge in [-0.25, -0.2) is 8.78 Å².